The Morgan fingerprint density at radius 1 is 0.581 bits per heavy atom. The normalized spacial score (nSPS) is 14.9. The Hall–Kier alpha value is -1.49. The molecule has 4 aromatic carbocycles. The van der Waals surface area contributed by atoms with E-state index in [9.17, 15) is 29.4 Å². The molecule has 6 atom stereocenters. The first-order valence-electron chi connectivity index (χ1n) is 20.1. The van der Waals surface area contributed by atoms with Gasteiger partial charge in [0, 0.05) is 36.2 Å². The first kappa shape index (κ1) is 58.5. The number of rotatable bonds is 20. The number of carbonyl (C=O) groups excluding carboxylic acids is 4. The first-order valence-corrected chi connectivity index (χ1v) is 21.4. The average Bonchev–Trinajstić information content (AvgIpc) is 3.20. The Morgan fingerprint density at radius 3 is 1.16 bits per heavy atom. The summed E-state index contributed by atoms with van der Waals surface area (Å²) in [6.45, 7) is 10.8. The topological polar surface area (TPSA) is 238 Å². The Balaban J connectivity index is 0.000000601. The molecule has 0 fully saturated rings. The van der Waals surface area contributed by atoms with Crippen molar-refractivity contribution in [1.29, 1.82) is 10.8 Å². The molecule has 0 bridgehead atoms. The van der Waals surface area contributed by atoms with Crippen LogP contribution >= 0.6 is 25.3 Å². The van der Waals surface area contributed by atoms with Crippen LogP contribution in [-0.4, -0.2) is 69.8 Å². The molecule has 0 aromatic heterocycles. The maximum absolute atomic E-state index is 13.4. The van der Waals surface area contributed by atoms with Gasteiger partial charge in [-0.15, -0.1) is 0 Å². The van der Waals surface area contributed by atoms with E-state index in [0.29, 0.717) is 12.8 Å². The summed E-state index contributed by atoms with van der Waals surface area (Å²) in [6.07, 6.45) is 1.09. The van der Waals surface area contributed by atoms with Crippen molar-refractivity contribution in [2.45, 2.75) is 90.4 Å². The first-order chi connectivity index (χ1) is 28.2. The largest absolute Gasteiger partial charge is 1.00 e. The number of benzene rings is 4. The van der Waals surface area contributed by atoms with Gasteiger partial charge in [-0.1, -0.05) is 113 Å². The molecule has 0 spiro atoms. The van der Waals surface area contributed by atoms with E-state index < -0.39 is 70.2 Å². The molecule has 0 radical (unpaired) electrons. The summed E-state index contributed by atoms with van der Waals surface area (Å²) in [7, 11) is 0. The summed E-state index contributed by atoms with van der Waals surface area (Å²) in [5, 5.41) is 46.0. The zero-order valence-electron chi connectivity index (χ0n) is 37.3. The molecule has 0 aliphatic heterocycles. The molecule has 0 saturated heterocycles. The number of ketones is 2. The van der Waals surface area contributed by atoms with Crippen molar-refractivity contribution in [1.82, 2.24) is 10.6 Å². The third-order valence-electron chi connectivity index (χ3n) is 10.5. The Morgan fingerprint density at radius 2 is 0.887 bits per heavy atom. The van der Waals surface area contributed by atoms with Gasteiger partial charge in [-0.05, 0) is 83.0 Å². The number of nitrogens with two attached hydrogens (primary N) is 2. The summed E-state index contributed by atoms with van der Waals surface area (Å²) < 4.78 is 0. The van der Waals surface area contributed by atoms with E-state index in [1.807, 2.05) is 113 Å². The molecule has 0 heterocycles. The SMILES string of the molecule is CC(C)CC(CS)C(=O)[C@](N)(Cc1ccc2ccccc2c1)C(=O)N[C@@H](C)C(=N)[O-].CC(C)CC(CS)C(=O)[C@](N)(Cc1ccc2ccccc2c1)C(=O)N[C@@H](C)C(=N)[O-].[K+].[K+]. The maximum atomic E-state index is 13.4. The molecule has 16 heteroatoms. The molecule has 62 heavy (non-hydrogen) atoms. The summed E-state index contributed by atoms with van der Waals surface area (Å²) in [5.41, 5.74) is 10.7. The molecule has 2 amide bonds. The van der Waals surface area contributed by atoms with E-state index in [1.54, 1.807) is 0 Å². The van der Waals surface area contributed by atoms with Crippen LogP contribution in [0.15, 0.2) is 84.9 Å². The van der Waals surface area contributed by atoms with Gasteiger partial charge in [0.1, 0.15) is 0 Å². The van der Waals surface area contributed by atoms with Gasteiger partial charge in [-0.2, -0.15) is 25.3 Å². The number of carbonyl (C=O) groups is 4. The molecule has 8 N–H and O–H groups in total. The van der Waals surface area contributed by atoms with E-state index in [-0.39, 0.29) is 139 Å². The van der Waals surface area contributed by atoms with Crippen LogP contribution in [0, 0.1) is 34.5 Å². The molecular weight excluding hydrogens is 875 g/mol. The van der Waals surface area contributed by atoms with E-state index in [2.05, 4.69) is 35.9 Å². The number of Topliss-reactive ketones (excluding diaryl/α,β-unsaturated/α-hetero) is 2. The molecule has 0 aliphatic rings. The van der Waals surface area contributed by atoms with Crippen molar-refractivity contribution >= 4 is 82.0 Å². The number of thiol groups is 2. The molecule has 324 valence electrons. The van der Waals surface area contributed by atoms with Crippen molar-refractivity contribution in [2.75, 3.05) is 11.5 Å². The van der Waals surface area contributed by atoms with Gasteiger partial charge in [-0.25, -0.2) is 0 Å². The van der Waals surface area contributed by atoms with Gasteiger partial charge in [0.2, 0.25) is 11.8 Å². The van der Waals surface area contributed by atoms with Crippen LogP contribution in [0.5, 0.6) is 0 Å². The van der Waals surface area contributed by atoms with Crippen molar-refractivity contribution < 1.29 is 132 Å². The minimum absolute atomic E-state index is 0. The van der Waals surface area contributed by atoms with E-state index in [0.717, 1.165) is 32.7 Å². The van der Waals surface area contributed by atoms with Crippen LogP contribution in [0.3, 0.4) is 0 Å². The quantitative estimate of drug-likeness (QED) is 0.0165. The van der Waals surface area contributed by atoms with Gasteiger partial charge >= 0.3 is 103 Å². The fourth-order valence-electron chi connectivity index (χ4n) is 7.08. The number of amides is 2. The molecule has 4 rings (SSSR count). The van der Waals surface area contributed by atoms with Crippen LogP contribution in [0.2, 0.25) is 0 Å². The summed E-state index contributed by atoms with van der Waals surface area (Å²) >= 11 is 8.63. The Bertz CT molecular complexity index is 2030. The Kier molecular flexibility index (Phi) is 25.7. The second kappa shape index (κ2) is 27.2. The number of nitrogens with one attached hydrogen (secondary N) is 4. The monoisotopic (exact) mass is 934 g/mol. The van der Waals surface area contributed by atoms with Gasteiger partial charge in [0.15, 0.2) is 22.6 Å². The van der Waals surface area contributed by atoms with Crippen LogP contribution in [0.4, 0.5) is 0 Å². The smallest absolute Gasteiger partial charge is 0.861 e. The summed E-state index contributed by atoms with van der Waals surface area (Å²) in [4.78, 5) is 53.0. The van der Waals surface area contributed by atoms with Crippen LogP contribution in [-0.2, 0) is 32.0 Å². The van der Waals surface area contributed by atoms with Crippen molar-refractivity contribution in [3.05, 3.63) is 96.1 Å². The summed E-state index contributed by atoms with van der Waals surface area (Å²) in [6, 6.07) is 24.8. The predicted octanol–water partition coefficient (Wildman–Crippen LogP) is -1.83. The average molecular weight is 935 g/mol. The fraction of sp³-hybridized carbons (Fsp3) is 0.435. The van der Waals surface area contributed by atoms with Crippen molar-refractivity contribution in [3.63, 3.8) is 0 Å². The standard InChI is InChI=1S/2C23H31N3O3S.2K/c2*1-14(2)10-19(13-30)20(27)23(25,22(29)26-15(3)21(24)28)12-16-8-9-17-6-4-5-7-18(17)11-16;;/h2*4-9,11,14-15,19,30H,10,12-13,25H2,1-3H3,(H2,24,28)(H,26,29);;/q;;2*+1/p-2/t2*15-,19?,23+;;/m00../s1. The zero-order chi connectivity index (χ0) is 44.9. The molecule has 4 aromatic rings. The van der Waals surface area contributed by atoms with Crippen molar-refractivity contribution in [3.8, 4) is 0 Å². The maximum Gasteiger partial charge on any atom is 1.00 e. The minimum Gasteiger partial charge on any atom is -0.861 e. The molecular formula is C46H60K2N6O6S2. The van der Waals surface area contributed by atoms with E-state index in [1.165, 1.54) is 13.8 Å². The van der Waals surface area contributed by atoms with Crippen molar-refractivity contribution in [2.24, 2.45) is 35.1 Å². The fourth-order valence-corrected chi connectivity index (χ4v) is 7.71. The predicted molar refractivity (Wildman–Crippen MR) is 243 cm³/mol. The molecule has 0 aliphatic carbocycles. The second-order valence-corrected chi connectivity index (χ2v) is 17.3. The van der Waals surface area contributed by atoms with Crippen LogP contribution in [0.25, 0.3) is 21.5 Å². The zero-order valence-corrected chi connectivity index (χ0v) is 45.3. The third-order valence-corrected chi connectivity index (χ3v) is 11.3. The van der Waals surface area contributed by atoms with E-state index >= 15 is 0 Å². The summed E-state index contributed by atoms with van der Waals surface area (Å²) in [5.74, 6) is -4.18. The minimum atomic E-state index is -1.87. The van der Waals surface area contributed by atoms with Gasteiger partial charge < -0.3 is 43.1 Å². The van der Waals surface area contributed by atoms with E-state index in [4.69, 9.17) is 22.3 Å². The van der Waals surface area contributed by atoms with Gasteiger partial charge in [-0.3, -0.25) is 19.2 Å². The second-order valence-electron chi connectivity index (χ2n) is 16.5. The molecule has 2 unspecified atom stereocenters. The Labute approximate surface area is 462 Å². The number of hydrogen-bond acceptors (Lipinski definition) is 12. The molecule has 0 saturated carbocycles. The number of hydrogen-bond donors (Lipinski definition) is 8. The van der Waals surface area contributed by atoms with Gasteiger partial charge in [0.25, 0.3) is 0 Å². The van der Waals surface area contributed by atoms with Gasteiger partial charge in [0.05, 0.1) is 12.1 Å². The molecule has 12 nitrogen and oxygen atoms in total. The van der Waals surface area contributed by atoms with Crippen LogP contribution < -0.4 is 135 Å². The van der Waals surface area contributed by atoms with Crippen LogP contribution in [0.1, 0.15) is 65.5 Å². The third kappa shape index (κ3) is 16.4. The number of fused-ring (bicyclic) bond motifs is 2.